The summed E-state index contributed by atoms with van der Waals surface area (Å²) in [5.41, 5.74) is 5.19. The number of unbranched alkanes of at least 4 members (excludes halogenated alkanes) is 1. The molecule has 3 heterocycles. The molecule has 6 aromatic rings. The number of nitrogens with one attached hydrogen (secondary N) is 1. The summed E-state index contributed by atoms with van der Waals surface area (Å²) in [6.07, 6.45) is 4.76. The van der Waals surface area contributed by atoms with Gasteiger partial charge in [0.2, 0.25) is 0 Å². The van der Waals surface area contributed by atoms with Crippen molar-refractivity contribution in [2.75, 3.05) is 37.6 Å². The highest BCUT2D eigenvalue weighted by Gasteiger charge is 2.21. The van der Waals surface area contributed by atoms with Gasteiger partial charge in [0.25, 0.3) is 17.7 Å². The number of carbonyl (C=O) groups is 3. The maximum Gasteiger partial charge on any atom is 0.293 e. The van der Waals surface area contributed by atoms with E-state index in [4.69, 9.17) is 4.42 Å². The highest BCUT2D eigenvalue weighted by atomic mass is 16.3. The maximum atomic E-state index is 13.3. The molecule has 9 nitrogen and oxygen atoms in total. The summed E-state index contributed by atoms with van der Waals surface area (Å²) in [5, 5.41) is 13.7. The number of carbonyl (C=O) groups excluding carboxylic acids is 3. The highest BCUT2D eigenvalue weighted by molar-refractivity contribution is 6.10. The van der Waals surface area contributed by atoms with Crippen molar-refractivity contribution in [2.45, 2.75) is 19.3 Å². The van der Waals surface area contributed by atoms with E-state index in [1.807, 2.05) is 72.9 Å². The molecule has 1 aliphatic rings. The van der Waals surface area contributed by atoms with Gasteiger partial charge in [0.1, 0.15) is 5.58 Å². The Balaban J connectivity index is 0.926. The molecule has 0 atom stereocenters. The topological polar surface area (TPSA) is 112 Å². The molecule has 0 radical (unpaired) electrons. The van der Waals surface area contributed by atoms with E-state index in [2.05, 4.69) is 21.2 Å². The Morgan fingerprint density at radius 3 is 2.24 bits per heavy atom. The number of fused-ring (bicyclic) bond motifs is 2. The number of nitrogens with zero attached hydrogens (tertiary/aromatic N) is 4. The van der Waals surface area contributed by atoms with Crippen LogP contribution in [0.5, 0.6) is 0 Å². The molecule has 49 heavy (non-hydrogen) atoms. The molecule has 2 amide bonds. The minimum absolute atomic E-state index is 0.0763. The molecule has 0 unspecified atom stereocenters. The number of nitriles is 1. The van der Waals surface area contributed by atoms with E-state index in [1.165, 1.54) is 0 Å². The van der Waals surface area contributed by atoms with Gasteiger partial charge in [-0.2, -0.15) is 5.26 Å². The van der Waals surface area contributed by atoms with Gasteiger partial charge in [-0.15, -0.1) is 0 Å². The van der Waals surface area contributed by atoms with Crippen LogP contribution < -0.4 is 10.2 Å². The zero-order valence-electron chi connectivity index (χ0n) is 27.0. The molecule has 9 heteroatoms. The quantitative estimate of drug-likeness (QED) is 0.138. The first-order valence-corrected chi connectivity index (χ1v) is 16.5. The van der Waals surface area contributed by atoms with Crippen LogP contribution in [-0.4, -0.2) is 59.9 Å². The molecule has 0 saturated carbocycles. The molecule has 0 spiro atoms. The van der Waals surface area contributed by atoms with Crippen molar-refractivity contribution in [3.63, 3.8) is 0 Å². The first-order chi connectivity index (χ1) is 24.0. The van der Waals surface area contributed by atoms with Crippen LogP contribution in [0.1, 0.15) is 55.2 Å². The van der Waals surface area contributed by atoms with Gasteiger partial charge >= 0.3 is 0 Å². The van der Waals surface area contributed by atoms with Gasteiger partial charge in [-0.05, 0) is 98.1 Å². The fraction of sp³-hybridized carbons (Fsp3) is 0.200. The van der Waals surface area contributed by atoms with Crippen molar-refractivity contribution in [3.8, 4) is 6.07 Å². The fourth-order valence-corrected chi connectivity index (χ4v) is 6.50. The van der Waals surface area contributed by atoms with Crippen LogP contribution in [0.15, 0.2) is 114 Å². The molecule has 7 rings (SSSR count). The van der Waals surface area contributed by atoms with Crippen molar-refractivity contribution < 1.29 is 18.8 Å². The average molecular weight is 650 g/mol. The Labute approximate surface area is 283 Å². The van der Waals surface area contributed by atoms with Gasteiger partial charge in [-0.25, -0.2) is 0 Å². The Kier molecular flexibility index (Phi) is 9.04. The first-order valence-electron chi connectivity index (χ1n) is 16.5. The number of benzene rings is 4. The zero-order chi connectivity index (χ0) is 33.7. The molecule has 1 fully saturated rings. The van der Waals surface area contributed by atoms with Crippen LogP contribution in [0.4, 0.5) is 5.69 Å². The number of piperazine rings is 1. The van der Waals surface area contributed by atoms with Gasteiger partial charge in [-0.3, -0.25) is 29.2 Å². The number of furan rings is 1. The van der Waals surface area contributed by atoms with Crippen molar-refractivity contribution in [1.29, 1.82) is 5.26 Å². The van der Waals surface area contributed by atoms with E-state index in [9.17, 15) is 19.6 Å². The second kappa shape index (κ2) is 14.0. The standard InChI is InChI=1S/C40H35N5O4/c41-26-28-14-16-35-34(23-28)31(27-45(35)40(48)30-11-5-2-6-12-30)13-7-8-18-43-19-21-44(22-20-43)33-15-17-36-32(24-33)25-37(49-36)39(47)42-38(46)29-9-3-1-4-10-29/h1-6,9-12,14-17,23-25,27H,7-8,13,18-22H2,(H,42,46,47). The molecule has 4 aromatic carbocycles. The summed E-state index contributed by atoms with van der Waals surface area (Å²) in [5.74, 6) is -1.02. The molecular formula is C40H35N5O4. The van der Waals surface area contributed by atoms with Crippen molar-refractivity contribution >= 4 is 45.3 Å². The van der Waals surface area contributed by atoms with Crippen LogP contribution in [0, 0.1) is 11.3 Å². The van der Waals surface area contributed by atoms with Crippen LogP contribution >= 0.6 is 0 Å². The minimum atomic E-state index is -0.571. The SMILES string of the molecule is N#Cc1ccc2c(c1)c(CCCCN1CCN(c3ccc4oc(C(=O)NC(=O)c5ccccc5)cc4c3)CC1)cn2C(=O)c1ccccc1. The fourth-order valence-electron chi connectivity index (χ4n) is 6.50. The van der Waals surface area contributed by atoms with Crippen molar-refractivity contribution in [2.24, 2.45) is 0 Å². The molecule has 0 bridgehead atoms. The molecule has 1 aliphatic heterocycles. The van der Waals surface area contributed by atoms with Crippen LogP contribution in [0.2, 0.25) is 0 Å². The number of imide groups is 1. The lowest BCUT2D eigenvalue weighted by atomic mass is 10.0. The van der Waals surface area contributed by atoms with Gasteiger partial charge in [-0.1, -0.05) is 36.4 Å². The third-order valence-electron chi connectivity index (χ3n) is 9.15. The number of hydrogen-bond donors (Lipinski definition) is 1. The van der Waals surface area contributed by atoms with Crippen LogP contribution in [0.25, 0.3) is 21.9 Å². The Morgan fingerprint density at radius 2 is 1.51 bits per heavy atom. The largest absolute Gasteiger partial charge is 0.451 e. The number of aromatic nitrogens is 1. The zero-order valence-corrected chi connectivity index (χ0v) is 27.0. The van der Waals surface area contributed by atoms with Gasteiger partial charge in [0.15, 0.2) is 5.76 Å². The molecule has 1 saturated heterocycles. The number of amides is 2. The lowest BCUT2D eigenvalue weighted by molar-refractivity contribution is 0.0833. The predicted molar refractivity (Wildman–Crippen MR) is 189 cm³/mol. The Hall–Kier alpha value is -5.98. The predicted octanol–water partition coefficient (Wildman–Crippen LogP) is 6.66. The summed E-state index contributed by atoms with van der Waals surface area (Å²) >= 11 is 0. The normalized spacial score (nSPS) is 13.4. The summed E-state index contributed by atoms with van der Waals surface area (Å²) in [6, 6.07) is 33.2. The second-order valence-corrected chi connectivity index (χ2v) is 12.3. The minimum Gasteiger partial charge on any atom is -0.451 e. The lowest BCUT2D eigenvalue weighted by Gasteiger charge is -2.36. The number of aryl methyl sites for hydroxylation is 1. The average Bonchev–Trinajstić information content (AvgIpc) is 3.75. The Morgan fingerprint density at radius 1 is 0.776 bits per heavy atom. The number of rotatable bonds is 9. The third-order valence-corrected chi connectivity index (χ3v) is 9.15. The van der Waals surface area contributed by atoms with E-state index in [0.29, 0.717) is 22.3 Å². The smallest absolute Gasteiger partial charge is 0.293 e. The summed E-state index contributed by atoms with van der Waals surface area (Å²) < 4.78 is 7.47. The second-order valence-electron chi connectivity index (χ2n) is 12.3. The van der Waals surface area contributed by atoms with Crippen molar-refractivity contribution in [1.82, 2.24) is 14.8 Å². The maximum absolute atomic E-state index is 13.3. The van der Waals surface area contributed by atoms with Gasteiger partial charge in [0.05, 0.1) is 17.1 Å². The van der Waals surface area contributed by atoms with E-state index >= 15 is 0 Å². The summed E-state index contributed by atoms with van der Waals surface area (Å²) in [6.45, 7) is 4.63. The van der Waals surface area contributed by atoms with Crippen LogP contribution in [0.3, 0.4) is 0 Å². The van der Waals surface area contributed by atoms with Crippen molar-refractivity contribution in [3.05, 3.63) is 137 Å². The van der Waals surface area contributed by atoms with Crippen LogP contribution in [-0.2, 0) is 6.42 Å². The number of anilines is 1. The Bertz CT molecular complexity index is 2190. The van der Waals surface area contributed by atoms with E-state index in [-0.39, 0.29) is 11.7 Å². The van der Waals surface area contributed by atoms with E-state index in [1.54, 1.807) is 41.0 Å². The molecule has 244 valence electrons. The molecule has 0 aliphatic carbocycles. The third kappa shape index (κ3) is 6.86. The van der Waals surface area contributed by atoms with Gasteiger partial charge in [0, 0.05) is 60.0 Å². The lowest BCUT2D eigenvalue weighted by Crippen LogP contribution is -2.46. The first kappa shape index (κ1) is 31.6. The monoisotopic (exact) mass is 649 g/mol. The summed E-state index contributed by atoms with van der Waals surface area (Å²) in [7, 11) is 0. The van der Waals surface area contributed by atoms with E-state index < -0.39 is 11.8 Å². The molecule has 1 N–H and O–H groups in total. The molecular weight excluding hydrogens is 614 g/mol. The molecule has 2 aromatic heterocycles. The number of hydrogen-bond acceptors (Lipinski definition) is 7. The van der Waals surface area contributed by atoms with Gasteiger partial charge < -0.3 is 9.32 Å². The summed E-state index contributed by atoms with van der Waals surface area (Å²) in [4.78, 5) is 43.3. The van der Waals surface area contributed by atoms with E-state index in [0.717, 1.165) is 79.5 Å². The highest BCUT2D eigenvalue weighted by Crippen LogP contribution is 2.28.